The summed E-state index contributed by atoms with van der Waals surface area (Å²) in [6.45, 7) is 0.552. The molecular weight excluding hydrogens is 344 g/mol. The Morgan fingerprint density at radius 1 is 0.962 bits per heavy atom. The number of ether oxygens (including phenoxy) is 5. The summed E-state index contributed by atoms with van der Waals surface area (Å²) < 4.78 is 25.5. The topological polar surface area (TPSA) is 97.4 Å². The Hall–Kier alpha value is -3.29. The lowest BCUT2D eigenvalue weighted by molar-refractivity contribution is -0.152. The molecule has 26 heavy (non-hydrogen) atoms. The maximum Gasteiger partial charge on any atom is 0.349 e. The zero-order valence-corrected chi connectivity index (χ0v) is 14.8. The van der Waals surface area contributed by atoms with Crippen molar-refractivity contribution in [1.29, 1.82) is 0 Å². The molecule has 0 spiro atoms. The van der Waals surface area contributed by atoms with E-state index in [1.807, 2.05) is 0 Å². The number of esters is 2. The summed E-state index contributed by atoms with van der Waals surface area (Å²) in [7, 11) is 4.11. The quantitative estimate of drug-likeness (QED) is 0.566. The molecule has 0 heterocycles. The smallest absolute Gasteiger partial charge is 0.349 e. The molecule has 0 unspecified atom stereocenters. The van der Waals surface area contributed by atoms with Crippen LogP contribution in [0.15, 0.2) is 29.1 Å². The van der Waals surface area contributed by atoms with Crippen molar-refractivity contribution in [2.45, 2.75) is 6.92 Å². The SMILES string of the molecule is COc1cc2cccc(OC)c(=O)c2c(OC(=O)COC(C)=O)c1OC. The van der Waals surface area contributed by atoms with Gasteiger partial charge in [0.1, 0.15) is 0 Å². The molecule has 0 aromatic heterocycles. The Balaban J connectivity index is 2.74. The van der Waals surface area contributed by atoms with E-state index in [4.69, 9.17) is 18.9 Å². The molecule has 0 aliphatic carbocycles. The van der Waals surface area contributed by atoms with Gasteiger partial charge < -0.3 is 23.7 Å². The van der Waals surface area contributed by atoms with Crippen molar-refractivity contribution >= 4 is 22.7 Å². The van der Waals surface area contributed by atoms with Crippen LogP contribution in [-0.2, 0) is 14.3 Å². The second-order valence-corrected chi connectivity index (χ2v) is 5.08. The van der Waals surface area contributed by atoms with Crippen molar-refractivity contribution in [3.05, 3.63) is 34.5 Å². The third kappa shape index (κ3) is 3.85. The van der Waals surface area contributed by atoms with Crippen LogP contribution in [0.1, 0.15) is 6.92 Å². The van der Waals surface area contributed by atoms with E-state index in [1.54, 1.807) is 18.2 Å². The van der Waals surface area contributed by atoms with E-state index in [0.717, 1.165) is 6.92 Å². The molecule has 0 aliphatic heterocycles. The van der Waals surface area contributed by atoms with Crippen LogP contribution in [0.3, 0.4) is 0 Å². The number of benzene rings is 1. The van der Waals surface area contributed by atoms with Crippen molar-refractivity contribution in [2.24, 2.45) is 0 Å². The van der Waals surface area contributed by atoms with Crippen LogP contribution in [0.2, 0.25) is 0 Å². The van der Waals surface area contributed by atoms with Gasteiger partial charge in [0.05, 0.1) is 26.7 Å². The van der Waals surface area contributed by atoms with E-state index in [-0.39, 0.29) is 28.4 Å². The average Bonchev–Trinajstić information content (AvgIpc) is 2.77. The Morgan fingerprint density at radius 3 is 2.23 bits per heavy atom. The first kappa shape index (κ1) is 19.0. The first-order chi connectivity index (χ1) is 12.4. The summed E-state index contributed by atoms with van der Waals surface area (Å²) >= 11 is 0. The van der Waals surface area contributed by atoms with Gasteiger partial charge >= 0.3 is 11.9 Å². The van der Waals surface area contributed by atoms with Gasteiger partial charge in [-0.1, -0.05) is 12.1 Å². The normalized spacial score (nSPS) is 10.2. The van der Waals surface area contributed by atoms with Crippen molar-refractivity contribution in [1.82, 2.24) is 0 Å². The van der Waals surface area contributed by atoms with Gasteiger partial charge in [0, 0.05) is 6.92 Å². The molecular formula is C18H18O8. The lowest BCUT2D eigenvalue weighted by atomic mass is 10.1. The van der Waals surface area contributed by atoms with E-state index in [0.29, 0.717) is 5.39 Å². The van der Waals surface area contributed by atoms with Crippen LogP contribution in [-0.4, -0.2) is 39.9 Å². The number of fused-ring (bicyclic) bond motifs is 1. The summed E-state index contributed by atoms with van der Waals surface area (Å²) in [4.78, 5) is 35.7. The van der Waals surface area contributed by atoms with Crippen LogP contribution in [0.4, 0.5) is 0 Å². The van der Waals surface area contributed by atoms with Crippen molar-refractivity contribution in [3.8, 4) is 23.0 Å². The molecule has 138 valence electrons. The molecule has 2 rings (SSSR count). The van der Waals surface area contributed by atoms with Gasteiger partial charge in [-0.2, -0.15) is 0 Å². The zero-order chi connectivity index (χ0) is 19.3. The molecule has 0 saturated heterocycles. The molecule has 0 N–H and O–H groups in total. The monoisotopic (exact) mass is 362 g/mol. The molecule has 0 aliphatic rings. The van der Waals surface area contributed by atoms with Gasteiger partial charge in [0.15, 0.2) is 23.9 Å². The first-order valence-corrected chi connectivity index (χ1v) is 7.53. The molecule has 0 amide bonds. The van der Waals surface area contributed by atoms with E-state index in [2.05, 4.69) is 4.74 Å². The Labute approximate surface area is 149 Å². The highest BCUT2D eigenvalue weighted by atomic mass is 16.6. The Bertz CT molecular complexity index is 904. The third-order valence-electron chi connectivity index (χ3n) is 3.46. The molecule has 2 aromatic rings. The predicted molar refractivity (Wildman–Crippen MR) is 92.1 cm³/mol. The van der Waals surface area contributed by atoms with Crippen molar-refractivity contribution < 1.29 is 33.3 Å². The standard InChI is InChI=1S/C18H18O8/c1-10(19)25-9-14(20)26-18-15-11(8-13(23-3)17(18)24-4)6-5-7-12(22-2)16(15)21/h5-8H,9H2,1-4H3. The van der Waals surface area contributed by atoms with E-state index >= 15 is 0 Å². The van der Waals surface area contributed by atoms with Gasteiger partial charge in [-0.3, -0.25) is 9.59 Å². The summed E-state index contributed by atoms with van der Waals surface area (Å²) in [5.41, 5.74) is -0.497. The lowest BCUT2D eigenvalue weighted by Gasteiger charge is -2.14. The minimum atomic E-state index is -0.877. The van der Waals surface area contributed by atoms with Crippen molar-refractivity contribution in [2.75, 3.05) is 27.9 Å². The van der Waals surface area contributed by atoms with E-state index in [1.165, 1.54) is 27.4 Å². The highest BCUT2D eigenvalue weighted by Gasteiger charge is 2.22. The predicted octanol–water partition coefficient (Wildman–Crippen LogP) is 1.69. The molecule has 0 atom stereocenters. The minimum Gasteiger partial charge on any atom is -0.493 e. The maximum atomic E-state index is 12.8. The fourth-order valence-corrected chi connectivity index (χ4v) is 2.35. The number of hydrogen-bond acceptors (Lipinski definition) is 8. The third-order valence-corrected chi connectivity index (χ3v) is 3.46. The first-order valence-electron chi connectivity index (χ1n) is 7.53. The Kier molecular flexibility index (Phi) is 6.00. The van der Waals surface area contributed by atoms with Crippen LogP contribution in [0, 0.1) is 0 Å². The number of rotatable bonds is 6. The summed E-state index contributed by atoms with van der Waals surface area (Å²) in [5.74, 6) is -1.27. The molecule has 2 aromatic carbocycles. The second kappa shape index (κ2) is 8.19. The summed E-state index contributed by atoms with van der Waals surface area (Å²) in [6.07, 6.45) is 0. The van der Waals surface area contributed by atoms with Crippen LogP contribution >= 0.6 is 0 Å². The summed E-state index contributed by atoms with van der Waals surface area (Å²) in [6, 6.07) is 6.34. The van der Waals surface area contributed by atoms with Crippen LogP contribution < -0.4 is 24.4 Å². The molecule has 0 fully saturated rings. The molecule has 8 heteroatoms. The van der Waals surface area contributed by atoms with Gasteiger partial charge in [0.2, 0.25) is 11.2 Å². The van der Waals surface area contributed by atoms with Gasteiger partial charge in [0.25, 0.3) is 0 Å². The number of hydrogen-bond donors (Lipinski definition) is 0. The minimum absolute atomic E-state index is 0.0570. The molecule has 0 radical (unpaired) electrons. The van der Waals surface area contributed by atoms with Crippen molar-refractivity contribution in [3.63, 3.8) is 0 Å². The Morgan fingerprint density at radius 2 is 1.65 bits per heavy atom. The van der Waals surface area contributed by atoms with Gasteiger partial charge in [-0.25, -0.2) is 4.79 Å². The summed E-state index contributed by atoms with van der Waals surface area (Å²) in [5, 5.41) is 0.520. The largest absolute Gasteiger partial charge is 0.493 e. The maximum absolute atomic E-state index is 12.8. The highest BCUT2D eigenvalue weighted by molar-refractivity contribution is 5.95. The number of carbonyl (C=O) groups excluding carboxylic acids is 2. The number of carbonyl (C=O) groups is 2. The number of methoxy groups -OCH3 is 3. The van der Waals surface area contributed by atoms with Gasteiger partial charge in [-0.15, -0.1) is 0 Å². The molecule has 0 saturated carbocycles. The van der Waals surface area contributed by atoms with Crippen LogP contribution in [0.25, 0.3) is 10.8 Å². The lowest BCUT2D eigenvalue weighted by Crippen LogP contribution is -2.19. The highest BCUT2D eigenvalue weighted by Crippen LogP contribution is 2.42. The fourth-order valence-electron chi connectivity index (χ4n) is 2.35. The molecule has 8 nitrogen and oxygen atoms in total. The average molecular weight is 362 g/mol. The van der Waals surface area contributed by atoms with Gasteiger partial charge in [-0.05, 0) is 17.5 Å². The van der Waals surface area contributed by atoms with E-state index < -0.39 is 24.0 Å². The molecule has 0 bridgehead atoms. The second-order valence-electron chi connectivity index (χ2n) is 5.08. The van der Waals surface area contributed by atoms with Crippen LogP contribution in [0.5, 0.6) is 23.0 Å². The van der Waals surface area contributed by atoms with E-state index in [9.17, 15) is 14.4 Å². The fraction of sp³-hybridized carbons (Fsp3) is 0.278. The zero-order valence-electron chi connectivity index (χ0n) is 14.8.